The number of carbonyl (C=O) groups is 1. The van der Waals surface area contributed by atoms with Crippen LogP contribution in [0.3, 0.4) is 0 Å². The first-order chi connectivity index (χ1) is 15.5. The number of esters is 1. The van der Waals surface area contributed by atoms with Crippen molar-refractivity contribution in [2.75, 3.05) is 19.0 Å². The van der Waals surface area contributed by atoms with E-state index < -0.39 is 12.0 Å². The molecule has 1 aromatic heterocycles. The van der Waals surface area contributed by atoms with Crippen LogP contribution in [0.25, 0.3) is 0 Å². The Balaban J connectivity index is 1.68. The van der Waals surface area contributed by atoms with E-state index in [1.165, 1.54) is 11.9 Å². The Morgan fingerprint density at radius 3 is 2.75 bits per heavy atom. The maximum atomic E-state index is 12.8. The Hall–Kier alpha value is -3.81. The molecule has 32 heavy (non-hydrogen) atoms. The minimum absolute atomic E-state index is 0.279. The molecule has 1 aliphatic heterocycles. The molecule has 8 heteroatoms. The molecule has 2 aromatic carbocycles. The number of carbonyl (C=O) groups excluding carboxylic acids is 1. The first-order valence-corrected chi connectivity index (χ1v) is 10.4. The summed E-state index contributed by atoms with van der Waals surface area (Å²) in [6, 6.07) is 13.3. The van der Waals surface area contributed by atoms with Crippen molar-refractivity contribution >= 4 is 11.9 Å². The molecule has 4 rings (SSSR count). The van der Waals surface area contributed by atoms with Crippen molar-refractivity contribution < 1.29 is 19.0 Å². The van der Waals surface area contributed by atoms with Crippen LogP contribution in [-0.2, 0) is 16.1 Å². The first kappa shape index (κ1) is 21.4. The minimum atomic E-state index is -0.507. The zero-order valence-corrected chi connectivity index (χ0v) is 18.6. The summed E-state index contributed by atoms with van der Waals surface area (Å²) in [7, 11) is 1.59. The third-order valence-corrected chi connectivity index (χ3v) is 5.27. The zero-order valence-electron chi connectivity index (χ0n) is 18.6. The number of anilines is 1. The summed E-state index contributed by atoms with van der Waals surface area (Å²) >= 11 is 0. The number of aryl methyl sites for hydroxylation is 1. The number of allylic oxidation sites excluding steroid dienone is 1. The van der Waals surface area contributed by atoms with Crippen molar-refractivity contribution in [3.05, 3.63) is 76.8 Å². The van der Waals surface area contributed by atoms with Crippen LogP contribution in [0.4, 0.5) is 5.95 Å². The highest BCUT2D eigenvalue weighted by Gasteiger charge is 2.34. The number of aromatic nitrogens is 3. The number of fused-ring (bicyclic) bond motifs is 1. The molecule has 0 amide bonds. The van der Waals surface area contributed by atoms with Crippen LogP contribution in [0.1, 0.15) is 36.6 Å². The fraction of sp³-hybridized carbons (Fsp3) is 0.292. The average Bonchev–Trinajstić information content (AvgIpc) is 3.25. The highest BCUT2D eigenvalue weighted by molar-refractivity contribution is 5.92. The monoisotopic (exact) mass is 434 g/mol. The van der Waals surface area contributed by atoms with Gasteiger partial charge >= 0.3 is 5.97 Å². The Morgan fingerprint density at radius 2 is 2.00 bits per heavy atom. The quantitative estimate of drug-likeness (QED) is 0.562. The Kier molecular flexibility index (Phi) is 6.11. The maximum Gasteiger partial charge on any atom is 0.338 e. The standard InChI is InChI=1S/C24H26N4O4/c1-5-31-23(29)21-16(3)27-24-25-14-26-28(24)22(21)18-9-10-19(20(12-18)30-4)32-13-17-8-6-7-15(2)11-17/h6-12,14,22H,5,13H2,1-4H3,(H,25,26,27). The fourth-order valence-electron chi connectivity index (χ4n) is 3.81. The van der Waals surface area contributed by atoms with E-state index in [1.807, 2.05) is 50.2 Å². The lowest BCUT2D eigenvalue weighted by atomic mass is 9.95. The molecule has 8 nitrogen and oxygen atoms in total. The van der Waals surface area contributed by atoms with E-state index in [2.05, 4.69) is 21.5 Å². The van der Waals surface area contributed by atoms with Gasteiger partial charge in [-0.05, 0) is 44.0 Å². The number of hydrogen-bond donors (Lipinski definition) is 1. The summed E-state index contributed by atoms with van der Waals surface area (Å²) < 4.78 is 18.6. The lowest BCUT2D eigenvalue weighted by Crippen LogP contribution is -2.29. The van der Waals surface area contributed by atoms with Gasteiger partial charge in [0.25, 0.3) is 0 Å². The average molecular weight is 434 g/mol. The zero-order chi connectivity index (χ0) is 22.7. The molecule has 0 spiro atoms. The fourth-order valence-corrected chi connectivity index (χ4v) is 3.81. The molecule has 1 aliphatic rings. The molecule has 3 aromatic rings. The van der Waals surface area contributed by atoms with E-state index >= 15 is 0 Å². The summed E-state index contributed by atoms with van der Waals surface area (Å²) in [5, 5.41) is 7.46. The summed E-state index contributed by atoms with van der Waals surface area (Å²) in [5.41, 5.74) is 4.20. The number of ether oxygens (including phenoxy) is 3. The molecule has 0 aliphatic carbocycles. The van der Waals surface area contributed by atoms with Crippen LogP contribution in [0.15, 0.2) is 60.1 Å². The molecule has 1 unspecified atom stereocenters. The maximum absolute atomic E-state index is 12.8. The largest absolute Gasteiger partial charge is 0.493 e. The van der Waals surface area contributed by atoms with Gasteiger partial charge in [0.1, 0.15) is 19.0 Å². The van der Waals surface area contributed by atoms with Crippen molar-refractivity contribution in [2.24, 2.45) is 0 Å². The van der Waals surface area contributed by atoms with Gasteiger partial charge in [0.15, 0.2) is 11.5 Å². The molecule has 0 saturated carbocycles. The number of nitrogens with zero attached hydrogens (tertiary/aromatic N) is 3. The van der Waals surface area contributed by atoms with Crippen LogP contribution >= 0.6 is 0 Å². The second-order valence-corrected chi connectivity index (χ2v) is 7.50. The van der Waals surface area contributed by atoms with Crippen LogP contribution in [0.2, 0.25) is 0 Å². The number of methoxy groups -OCH3 is 1. The van der Waals surface area contributed by atoms with E-state index in [1.54, 1.807) is 18.7 Å². The van der Waals surface area contributed by atoms with Gasteiger partial charge in [0, 0.05) is 5.70 Å². The second-order valence-electron chi connectivity index (χ2n) is 7.50. The molecule has 166 valence electrons. The highest BCUT2D eigenvalue weighted by Crippen LogP contribution is 2.39. The first-order valence-electron chi connectivity index (χ1n) is 10.4. The van der Waals surface area contributed by atoms with E-state index in [4.69, 9.17) is 14.2 Å². The molecule has 0 fully saturated rings. The van der Waals surface area contributed by atoms with Crippen LogP contribution < -0.4 is 14.8 Å². The summed E-state index contributed by atoms with van der Waals surface area (Å²) in [4.78, 5) is 17.0. The Labute approximate surface area is 186 Å². The highest BCUT2D eigenvalue weighted by atomic mass is 16.5. The minimum Gasteiger partial charge on any atom is -0.493 e. The lowest BCUT2D eigenvalue weighted by molar-refractivity contribution is -0.139. The molecule has 1 atom stereocenters. The molecule has 0 bridgehead atoms. The third-order valence-electron chi connectivity index (χ3n) is 5.27. The van der Waals surface area contributed by atoms with Crippen molar-refractivity contribution in [1.82, 2.24) is 14.8 Å². The predicted molar refractivity (Wildman–Crippen MR) is 120 cm³/mol. The molecule has 0 saturated heterocycles. The van der Waals surface area contributed by atoms with Gasteiger partial charge < -0.3 is 19.5 Å². The number of nitrogens with one attached hydrogen (secondary N) is 1. The topological polar surface area (TPSA) is 87.5 Å². The molecule has 2 heterocycles. The second kappa shape index (κ2) is 9.13. The SMILES string of the molecule is CCOC(=O)C1=C(C)Nc2ncnn2C1c1ccc(OCc2cccc(C)c2)c(OC)c1. The normalized spacial score (nSPS) is 15.1. The lowest BCUT2D eigenvalue weighted by Gasteiger charge is -2.28. The number of benzene rings is 2. The van der Waals surface area contributed by atoms with Gasteiger partial charge in [0.2, 0.25) is 5.95 Å². The summed E-state index contributed by atoms with van der Waals surface area (Å²) in [6.07, 6.45) is 1.45. The van der Waals surface area contributed by atoms with Crippen LogP contribution in [-0.4, -0.2) is 34.5 Å². The molecule has 0 radical (unpaired) electrons. The van der Waals surface area contributed by atoms with Crippen molar-refractivity contribution in [1.29, 1.82) is 0 Å². The van der Waals surface area contributed by atoms with E-state index in [9.17, 15) is 4.79 Å². The predicted octanol–water partition coefficient (Wildman–Crippen LogP) is 4.03. The van der Waals surface area contributed by atoms with Gasteiger partial charge in [-0.25, -0.2) is 9.48 Å². The molecule has 1 N–H and O–H groups in total. The van der Waals surface area contributed by atoms with Gasteiger partial charge in [-0.15, -0.1) is 0 Å². The number of hydrogen-bond acceptors (Lipinski definition) is 7. The van der Waals surface area contributed by atoms with E-state index in [-0.39, 0.29) is 6.61 Å². The summed E-state index contributed by atoms with van der Waals surface area (Å²) in [6.45, 7) is 6.36. The van der Waals surface area contributed by atoms with Gasteiger partial charge in [-0.2, -0.15) is 10.1 Å². The number of rotatable bonds is 7. The van der Waals surface area contributed by atoms with E-state index in [0.29, 0.717) is 35.3 Å². The molecular weight excluding hydrogens is 408 g/mol. The van der Waals surface area contributed by atoms with Gasteiger partial charge in [-0.1, -0.05) is 35.9 Å². The van der Waals surface area contributed by atoms with Gasteiger partial charge in [0.05, 0.1) is 19.3 Å². The third kappa shape index (κ3) is 4.16. The smallest absolute Gasteiger partial charge is 0.338 e. The van der Waals surface area contributed by atoms with Crippen LogP contribution in [0.5, 0.6) is 11.5 Å². The van der Waals surface area contributed by atoms with Gasteiger partial charge in [-0.3, -0.25) is 0 Å². The molecular formula is C24H26N4O4. The van der Waals surface area contributed by atoms with E-state index in [0.717, 1.165) is 11.1 Å². The van der Waals surface area contributed by atoms with Crippen molar-refractivity contribution in [3.8, 4) is 11.5 Å². The summed E-state index contributed by atoms with van der Waals surface area (Å²) in [5.74, 6) is 1.33. The Morgan fingerprint density at radius 1 is 1.16 bits per heavy atom. The van der Waals surface area contributed by atoms with Crippen molar-refractivity contribution in [2.45, 2.75) is 33.4 Å². The van der Waals surface area contributed by atoms with Crippen LogP contribution in [0, 0.1) is 6.92 Å². The Bertz CT molecular complexity index is 1170. The van der Waals surface area contributed by atoms with Crippen molar-refractivity contribution in [3.63, 3.8) is 0 Å².